The summed E-state index contributed by atoms with van der Waals surface area (Å²) in [4.78, 5) is 19.2. The van der Waals surface area contributed by atoms with Gasteiger partial charge in [-0.05, 0) is 31.7 Å². The minimum Gasteiger partial charge on any atom is -0.375 e. The predicted molar refractivity (Wildman–Crippen MR) is 85.4 cm³/mol. The molecule has 3 rings (SSSR count). The lowest BCUT2D eigenvalue weighted by Gasteiger charge is -2.31. The number of rotatable bonds is 4. The lowest BCUT2D eigenvalue weighted by molar-refractivity contribution is 0.0950. The van der Waals surface area contributed by atoms with Crippen molar-refractivity contribution < 1.29 is 4.79 Å². The van der Waals surface area contributed by atoms with Gasteiger partial charge in [0.05, 0.1) is 6.20 Å². The lowest BCUT2D eigenvalue weighted by atomic mass is 9.94. The number of nitrogens with one attached hydrogen (secondary N) is 1. The maximum atomic E-state index is 12.0. The molecule has 2 fully saturated rings. The number of amides is 1. The Bertz CT molecular complexity index is 484. The molecule has 0 radical (unpaired) electrons. The molecule has 1 amide bonds. The standard InChI is InChI=1S/C15H24N4OS/c16-15-18-9-13(21-15)14(20)17-8-11-6-7-19(10-11)12-4-2-1-3-5-12/h9,11-12H,1-8,10H2,(H2,16,18)(H,17,20). The third-order valence-electron chi connectivity index (χ3n) is 4.71. The highest BCUT2D eigenvalue weighted by Gasteiger charge is 2.29. The number of aromatic nitrogens is 1. The Balaban J connectivity index is 1.43. The van der Waals surface area contributed by atoms with E-state index in [1.807, 2.05) is 0 Å². The molecule has 21 heavy (non-hydrogen) atoms. The average molecular weight is 308 g/mol. The summed E-state index contributed by atoms with van der Waals surface area (Å²) in [5.74, 6) is 0.543. The Kier molecular flexibility index (Phi) is 4.75. The van der Waals surface area contributed by atoms with E-state index in [2.05, 4.69) is 15.2 Å². The Morgan fingerprint density at radius 1 is 1.38 bits per heavy atom. The van der Waals surface area contributed by atoms with Crippen molar-refractivity contribution in [3.05, 3.63) is 11.1 Å². The van der Waals surface area contributed by atoms with E-state index in [-0.39, 0.29) is 5.91 Å². The van der Waals surface area contributed by atoms with Crippen molar-refractivity contribution in [3.63, 3.8) is 0 Å². The Morgan fingerprint density at radius 3 is 2.90 bits per heavy atom. The fourth-order valence-electron chi connectivity index (χ4n) is 3.52. The molecule has 1 atom stereocenters. The summed E-state index contributed by atoms with van der Waals surface area (Å²) < 4.78 is 0. The van der Waals surface area contributed by atoms with Gasteiger partial charge in [-0.2, -0.15) is 0 Å². The average Bonchev–Trinajstić information content (AvgIpc) is 3.15. The molecule has 1 aromatic rings. The minimum atomic E-state index is -0.0414. The Morgan fingerprint density at radius 2 is 2.19 bits per heavy atom. The van der Waals surface area contributed by atoms with E-state index in [9.17, 15) is 4.79 Å². The number of hydrogen-bond acceptors (Lipinski definition) is 5. The van der Waals surface area contributed by atoms with Crippen LogP contribution in [0.5, 0.6) is 0 Å². The molecule has 6 heteroatoms. The summed E-state index contributed by atoms with van der Waals surface area (Å²) in [6.45, 7) is 3.09. The van der Waals surface area contributed by atoms with Gasteiger partial charge < -0.3 is 16.0 Å². The third-order valence-corrected chi connectivity index (χ3v) is 5.53. The van der Waals surface area contributed by atoms with Gasteiger partial charge in [-0.25, -0.2) is 4.98 Å². The van der Waals surface area contributed by atoms with Gasteiger partial charge in [0.15, 0.2) is 5.13 Å². The van der Waals surface area contributed by atoms with Crippen LogP contribution in [0.3, 0.4) is 0 Å². The molecule has 116 valence electrons. The summed E-state index contributed by atoms with van der Waals surface area (Å²) in [5, 5.41) is 3.48. The fraction of sp³-hybridized carbons (Fsp3) is 0.733. The zero-order valence-electron chi connectivity index (χ0n) is 12.4. The molecule has 2 aliphatic rings. The van der Waals surface area contributed by atoms with Crippen molar-refractivity contribution in [1.82, 2.24) is 15.2 Å². The number of anilines is 1. The zero-order chi connectivity index (χ0) is 14.7. The third kappa shape index (κ3) is 3.74. The van der Waals surface area contributed by atoms with Gasteiger partial charge in [0.1, 0.15) is 4.88 Å². The predicted octanol–water partition coefficient (Wildman–Crippen LogP) is 2.11. The van der Waals surface area contributed by atoms with E-state index in [0.717, 1.165) is 19.1 Å². The maximum Gasteiger partial charge on any atom is 0.263 e. The first kappa shape index (κ1) is 14.8. The van der Waals surface area contributed by atoms with Gasteiger partial charge in [-0.1, -0.05) is 30.6 Å². The molecule has 5 nitrogen and oxygen atoms in total. The van der Waals surface area contributed by atoms with Crippen molar-refractivity contribution in [2.45, 2.75) is 44.6 Å². The first-order valence-electron chi connectivity index (χ1n) is 7.96. The van der Waals surface area contributed by atoms with E-state index in [0.29, 0.717) is 15.9 Å². The summed E-state index contributed by atoms with van der Waals surface area (Å²) in [6, 6.07) is 0.792. The molecule has 0 spiro atoms. The molecule has 0 aromatic carbocycles. The lowest BCUT2D eigenvalue weighted by Crippen LogP contribution is -2.36. The van der Waals surface area contributed by atoms with Gasteiger partial charge in [0.25, 0.3) is 5.91 Å². The number of nitrogens with two attached hydrogens (primary N) is 1. The van der Waals surface area contributed by atoms with Crippen LogP contribution in [0.1, 0.15) is 48.2 Å². The van der Waals surface area contributed by atoms with Crippen LogP contribution in [0.4, 0.5) is 5.13 Å². The molecule has 1 aromatic heterocycles. The van der Waals surface area contributed by atoms with E-state index in [1.165, 1.54) is 56.4 Å². The van der Waals surface area contributed by atoms with Crippen LogP contribution in [-0.4, -0.2) is 41.5 Å². The Hall–Kier alpha value is -1.14. The fourth-order valence-corrected chi connectivity index (χ4v) is 4.12. The second-order valence-electron chi connectivity index (χ2n) is 6.21. The monoisotopic (exact) mass is 308 g/mol. The minimum absolute atomic E-state index is 0.0414. The van der Waals surface area contributed by atoms with E-state index in [1.54, 1.807) is 6.20 Å². The molecular formula is C15H24N4OS. The summed E-state index contributed by atoms with van der Waals surface area (Å²) in [7, 11) is 0. The highest BCUT2D eigenvalue weighted by atomic mass is 32.1. The number of thiazole rings is 1. The summed E-state index contributed by atoms with van der Waals surface area (Å²) in [6.07, 6.45) is 9.64. The van der Waals surface area contributed by atoms with E-state index < -0.39 is 0 Å². The van der Waals surface area contributed by atoms with Crippen molar-refractivity contribution in [2.75, 3.05) is 25.4 Å². The van der Waals surface area contributed by atoms with Crippen LogP contribution in [0.15, 0.2) is 6.20 Å². The number of carbonyl (C=O) groups is 1. The molecular weight excluding hydrogens is 284 g/mol. The molecule has 1 saturated heterocycles. The van der Waals surface area contributed by atoms with Gasteiger partial charge in [0.2, 0.25) is 0 Å². The van der Waals surface area contributed by atoms with Gasteiger partial charge >= 0.3 is 0 Å². The first-order chi connectivity index (χ1) is 10.2. The molecule has 3 N–H and O–H groups in total. The molecule has 1 saturated carbocycles. The number of carbonyl (C=O) groups excluding carboxylic acids is 1. The number of nitrogen functional groups attached to an aromatic ring is 1. The van der Waals surface area contributed by atoms with Crippen LogP contribution >= 0.6 is 11.3 Å². The van der Waals surface area contributed by atoms with E-state index >= 15 is 0 Å². The second-order valence-corrected chi connectivity index (χ2v) is 7.28. The van der Waals surface area contributed by atoms with Crippen molar-refractivity contribution in [2.24, 2.45) is 5.92 Å². The number of likely N-dealkylation sites (tertiary alicyclic amines) is 1. The molecule has 1 aliphatic heterocycles. The first-order valence-corrected chi connectivity index (χ1v) is 8.77. The van der Waals surface area contributed by atoms with Crippen LogP contribution in [0.2, 0.25) is 0 Å². The topological polar surface area (TPSA) is 71.2 Å². The highest BCUT2D eigenvalue weighted by Crippen LogP contribution is 2.27. The second kappa shape index (κ2) is 6.75. The normalized spacial score (nSPS) is 24.3. The summed E-state index contributed by atoms with van der Waals surface area (Å²) in [5.41, 5.74) is 5.56. The van der Waals surface area contributed by atoms with Crippen LogP contribution < -0.4 is 11.1 Å². The maximum absolute atomic E-state index is 12.0. The molecule has 2 heterocycles. The summed E-state index contributed by atoms with van der Waals surface area (Å²) >= 11 is 1.25. The SMILES string of the molecule is Nc1ncc(C(=O)NCC2CCN(C3CCCCC3)C2)s1. The zero-order valence-corrected chi connectivity index (χ0v) is 13.2. The molecule has 1 aliphatic carbocycles. The molecule has 0 bridgehead atoms. The highest BCUT2D eigenvalue weighted by molar-refractivity contribution is 7.17. The van der Waals surface area contributed by atoms with Gasteiger partial charge in [-0.15, -0.1) is 0 Å². The van der Waals surface area contributed by atoms with Crippen LogP contribution in [0.25, 0.3) is 0 Å². The van der Waals surface area contributed by atoms with Gasteiger partial charge in [-0.3, -0.25) is 4.79 Å². The number of hydrogen-bond donors (Lipinski definition) is 2. The van der Waals surface area contributed by atoms with Crippen LogP contribution in [0, 0.1) is 5.92 Å². The molecule has 1 unspecified atom stereocenters. The number of nitrogens with zero attached hydrogens (tertiary/aromatic N) is 2. The smallest absolute Gasteiger partial charge is 0.263 e. The van der Waals surface area contributed by atoms with Gasteiger partial charge in [0, 0.05) is 19.1 Å². The van der Waals surface area contributed by atoms with Crippen LogP contribution in [-0.2, 0) is 0 Å². The van der Waals surface area contributed by atoms with Crippen molar-refractivity contribution in [1.29, 1.82) is 0 Å². The van der Waals surface area contributed by atoms with E-state index in [4.69, 9.17) is 5.73 Å². The van der Waals surface area contributed by atoms with Crippen molar-refractivity contribution >= 4 is 22.4 Å². The largest absolute Gasteiger partial charge is 0.375 e. The Labute approximate surface area is 129 Å². The quantitative estimate of drug-likeness (QED) is 0.893. The van der Waals surface area contributed by atoms with Crippen molar-refractivity contribution in [3.8, 4) is 0 Å².